The van der Waals surface area contributed by atoms with Crippen molar-refractivity contribution in [1.82, 2.24) is 14.5 Å². The van der Waals surface area contributed by atoms with Crippen LogP contribution in [-0.2, 0) is 0 Å². The molecule has 0 spiro atoms. The van der Waals surface area contributed by atoms with Crippen LogP contribution in [0.5, 0.6) is 5.75 Å². The molecule has 1 unspecified atom stereocenters. The van der Waals surface area contributed by atoms with Gasteiger partial charge in [0.25, 0.3) is 0 Å². The van der Waals surface area contributed by atoms with Crippen LogP contribution in [0.25, 0.3) is 11.0 Å². The Hall–Kier alpha value is -1.33. The Morgan fingerprint density at radius 2 is 2.05 bits per heavy atom. The zero-order valence-electron chi connectivity index (χ0n) is 13.5. The molecule has 0 aliphatic heterocycles. The third kappa shape index (κ3) is 3.47. The van der Waals surface area contributed by atoms with Crippen molar-refractivity contribution in [3.8, 4) is 5.75 Å². The van der Waals surface area contributed by atoms with Gasteiger partial charge in [0.05, 0.1) is 12.6 Å². The first kappa shape index (κ1) is 16.0. The molecule has 0 aliphatic rings. The number of benzene rings is 1. The van der Waals surface area contributed by atoms with Crippen molar-refractivity contribution in [3.63, 3.8) is 0 Å². The number of likely N-dealkylation sites (N-methyl/N-ethyl adjacent to an activating group) is 1. The minimum Gasteiger partial charge on any atom is -0.494 e. The fourth-order valence-electron chi connectivity index (χ4n) is 2.88. The number of aromatic amines is 1. The summed E-state index contributed by atoms with van der Waals surface area (Å²) in [6, 6.07) is 6.44. The zero-order valence-corrected chi connectivity index (χ0v) is 14.3. The predicted molar refractivity (Wildman–Crippen MR) is 90.7 cm³/mol. The average molecular weight is 307 g/mol. The fraction of sp³-hybridized carbons (Fsp3) is 0.562. The topological polar surface area (TPSA) is 33.2 Å². The Morgan fingerprint density at radius 1 is 1.33 bits per heavy atom. The van der Waals surface area contributed by atoms with Crippen LogP contribution >= 0.6 is 12.2 Å². The molecule has 0 fully saturated rings. The molecule has 116 valence electrons. The third-order valence-electron chi connectivity index (χ3n) is 3.62. The van der Waals surface area contributed by atoms with Gasteiger partial charge in [-0.1, -0.05) is 19.9 Å². The minimum atomic E-state index is 0.355. The number of methoxy groups -OCH3 is 1. The van der Waals surface area contributed by atoms with E-state index in [4.69, 9.17) is 17.0 Å². The van der Waals surface area contributed by atoms with Gasteiger partial charge in [-0.05, 0) is 50.8 Å². The van der Waals surface area contributed by atoms with E-state index in [1.165, 1.54) is 0 Å². The zero-order chi connectivity index (χ0) is 15.6. The molecule has 0 bridgehead atoms. The van der Waals surface area contributed by atoms with E-state index in [-0.39, 0.29) is 0 Å². The average Bonchev–Trinajstić information content (AvgIpc) is 2.72. The van der Waals surface area contributed by atoms with Gasteiger partial charge in [-0.2, -0.15) is 0 Å². The number of para-hydroxylation sites is 1. The van der Waals surface area contributed by atoms with Crippen molar-refractivity contribution in [2.75, 3.05) is 27.7 Å². The van der Waals surface area contributed by atoms with Gasteiger partial charge < -0.3 is 19.2 Å². The van der Waals surface area contributed by atoms with Gasteiger partial charge in [0.1, 0.15) is 11.3 Å². The van der Waals surface area contributed by atoms with Crippen molar-refractivity contribution >= 4 is 23.3 Å². The molecule has 1 aromatic heterocycles. The van der Waals surface area contributed by atoms with Crippen molar-refractivity contribution in [2.45, 2.75) is 26.3 Å². The van der Waals surface area contributed by atoms with Crippen LogP contribution in [-0.4, -0.2) is 42.2 Å². The lowest BCUT2D eigenvalue weighted by Crippen LogP contribution is -2.25. The molecular formula is C16H25N3OS. The Morgan fingerprint density at radius 3 is 2.62 bits per heavy atom. The maximum atomic E-state index is 5.58. The maximum absolute atomic E-state index is 5.58. The summed E-state index contributed by atoms with van der Waals surface area (Å²) in [7, 11) is 5.90. The van der Waals surface area contributed by atoms with E-state index in [0.717, 1.165) is 34.5 Å². The highest BCUT2D eigenvalue weighted by atomic mass is 32.1. The van der Waals surface area contributed by atoms with Crippen LogP contribution in [0, 0.1) is 10.7 Å². The quantitative estimate of drug-likeness (QED) is 0.823. The number of imidazole rings is 1. The SMILES string of the molecule is COc1cccc2c1[nH]c(=S)n2C(CC(C)C)CN(C)C. The molecule has 0 aliphatic carbocycles. The normalized spacial score (nSPS) is 13.3. The Balaban J connectivity index is 2.56. The van der Waals surface area contributed by atoms with Crippen LogP contribution < -0.4 is 4.74 Å². The van der Waals surface area contributed by atoms with Gasteiger partial charge in [-0.15, -0.1) is 0 Å². The third-order valence-corrected chi connectivity index (χ3v) is 3.92. The molecule has 0 amide bonds. The molecule has 0 radical (unpaired) electrons. The minimum absolute atomic E-state index is 0.355. The number of hydrogen-bond acceptors (Lipinski definition) is 3. The summed E-state index contributed by atoms with van der Waals surface area (Å²) in [6.07, 6.45) is 1.09. The molecule has 5 heteroatoms. The molecule has 4 nitrogen and oxygen atoms in total. The summed E-state index contributed by atoms with van der Waals surface area (Å²) in [5, 5.41) is 0. The van der Waals surface area contributed by atoms with Crippen LogP contribution in [0.4, 0.5) is 0 Å². The van der Waals surface area contributed by atoms with Crippen LogP contribution in [0.1, 0.15) is 26.3 Å². The Bertz CT molecular complexity index is 647. The number of hydrogen-bond donors (Lipinski definition) is 1. The lowest BCUT2D eigenvalue weighted by atomic mass is 10.0. The number of nitrogens with one attached hydrogen (secondary N) is 1. The molecule has 1 heterocycles. The van der Waals surface area contributed by atoms with Crippen LogP contribution in [0.2, 0.25) is 0 Å². The number of H-pyrrole nitrogens is 1. The summed E-state index contributed by atoms with van der Waals surface area (Å²) in [6.45, 7) is 5.47. The molecular weight excluding hydrogens is 282 g/mol. The van der Waals surface area contributed by atoms with Crippen LogP contribution in [0.15, 0.2) is 18.2 Å². The van der Waals surface area contributed by atoms with Crippen LogP contribution in [0.3, 0.4) is 0 Å². The lowest BCUT2D eigenvalue weighted by Gasteiger charge is -2.25. The first-order valence-electron chi connectivity index (χ1n) is 7.36. The summed E-state index contributed by atoms with van der Waals surface area (Å²) < 4.78 is 8.45. The molecule has 0 saturated heterocycles. The second-order valence-corrected chi connectivity index (χ2v) is 6.59. The van der Waals surface area contributed by atoms with E-state index in [2.05, 4.69) is 48.5 Å². The summed E-state index contributed by atoms with van der Waals surface area (Å²) >= 11 is 5.58. The smallest absolute Gasteiger partial charge is 0.178 e. The summed E-state index contributed by atoms with van der Waals surface area (Å²) in [5.74, 6) is 1.46. The van der Waals surface area contributed by atoms with Gasteiger partial charge >= 0.3 is 0 Å². The molecule has 2 aromatic rings. The predicted octanol–water partition coefficient (Wildman–Crippen LogP) is 3.86. The highest BCUT2D eigenvalue weighted by molar-refractivity contribution is 7.71. The second kappa shape index (κ2) is 6.62. The number of fused-ring (bicyclic) bond motifs is 1. The number of ether oxygens (including phenoxy) is 1. The van der Waals surface area contributed by atoms with Gasteiger partial charge in [0.2, 0.25) is 0 Å². The maximum Gasteiger partial charge on any atom is 0.178 e. The largest absolute Gasteiger partial charge is 0.494 e. The Labute approximate surface area is 131 Å². The molecule has 21 heavy (non-hydrogen) atoms. The summed E-state index contributed by atoms with van der Waals surface area (Å²) in [5.41, 5.74) is 2.10. The van der Waals surface area contributed by atoms with Crippen molar-refractivity contribution in [1.29, 1.82) is 0 Å². The lowest BCUT2D eigenvalue weighted by molar-refractivity contribution is 0.291. The van der Waals surface area contributed by atoms with E-state index >= 15 is 0 Å². The first-order chi connectivity index (χ1) is 9.93. The number of nitrogens with zero attached hydrogens (tertiary/aromatic N) is 2. The van der Waals surface area contributed by atoms with Crippen molar-refractivity contribution < 1.29 is 4.74 Å². The van der Waals surface area contributed by atoms with E-state index in [0.29, 0.717) is 12.0 Å². The van der Waals surface area contributed by atoms with Gasteiger partial charge in [0, 0.05) is 12.6 Å². The molecule has 0 saturated carbocycles. The van der Waals surface area contributed by atoms with Gasteiger partial charge in [-0.3, -0.25) is 0 Å². The molecule has 2 rings (SSSR count). The van der Waals surface area contributed by atoms with Gasteiger partial charge in [-0.25, -0.2) is 0 Å². The van der Waals surface area contributed by atoms with E-state index < -0.39 is 0 Å². The van der Waals surface area contributed by atoms with Crippen molar-refractivity contribution in [2.24, 2.45) is 5.92 Å². The standard InChI is InChI=1S/C16H25N3OS/c1-11(2)9-12(10-18(3)4)19-13-7-6-8-14(20-5)15(13)17-16(19)21/h6-8,11-12H,9-10H2,1-5H3,(H,17,21). The molecule has 1 atom stereocenters. The number of rotatable bonds is 6. The Kier molecular flexibility index (Phi) is 5.06. The van der Waals surface area contributed by atoms with Crippen molar-refractivity contribution in [3.05, 3.63) is 23.0 Å². The van der Waals surface area contributed by atoms with E-state index in [1.54, 1.807) is 7.11 Å². The van der Waals surface area contributed by atoms with E-state index in [9.17, 15) is 0 Å². The summed E-state index contributed by atoms with van der Waals surface area (Å²) in [4.78, 5) is 5.52. The monoisotopic (exact) mass is 307 g/mol. The van der Waals surface area contributed by atoms with E-state index in [1.807, 2.05) is 12.1 Å². The highest BCUT2D eigenvalue weighted by Gasteiger charge is 2.19. The fourth-order valence-corrected chi connectivity index (χ4v) is 3.23. The second-order valence-electron chi connectivity index (χ2n) is 6.20. The van der Waals surface area contributed by atoms with Gasteiger partial charge in [0.15, 0.2) is 4.77 Å². The molecule has 1 aromatic carbocycles. The first-order valence-corrected chi connectivity index (χ1v) is 7.76. The highest BCUT2D eigenvalue weighted by Crippen LogP contribution is 2.29. The number of aromatic nitrogens is 2. The molecule has 1 N–H and O–H groups in total.